The Balaban J connectivity index is 1.50. The lowest BCUT2D eigenvalue weighted by atomic mass is 9.98. The highest BCUT2D eigenvalue weighted by Gasteiger charge is 2.29. The normalized spacial score (nSPS) is 15.7. The number of aromatic nitrogens is 4. The lowest BCUT2D eigenvalue weighted by molar-refractivity contribution is 0.0866. The summed E-state index contributed by atoms with van der Waals surface area (Å²) in [5, 5.41) is 28.3. The summed E-state index contributed by atoms with van der Waals surface area (Å²) >= 11 is 19.3. The van der Waals surface area contributed by atoms with Crippen molar-refractivity contribution in [1.82, 2.24) is 24.9 Å². The van der Waals surface area contributed by atoms with Crippen LogP contribution in [0.4, 0.5) is 17.1 Å². The highest BCUT2D eigenvalue weighted by Crippen LogP contribution is 2.37. The molecular formula is C35H37Cl3N8. The maximum absolute atomic E-state index is 9.94. The van der Waals surface area contributed by atoms with Crippen LogP contribution in [-0.4, -0.2) is 43.5 Å². The molecule has 1 atom stereocenters. The molecule has 46 heavy (non-hydrogen) atoms. The largest absolute Gasteiger partial charge is 0.373 e. The first kappa shape index (κ1) is 33.5. The zero-order chi connectivity index (χ0) is 33.0. The van der Waals surface area contributed by atoms with Crippen LogP contribution in [0.15, 0.2) is 84.2 Å². The molecule has 238 valence electrons. The third-order valence-corrected chi connectivity index (χ3v) is 9.03. The second-order valence-electron chi connectivity index (χ2n) is 12.3. The maximum atomic E-state index is 9.94. The molecular weight excluding hydrogens is 639 g/mol. The average Bonchev–Trinajstić information content (AvgIpc) is 3.52. The van der Waals surface area contributed by atoms with E-state index < -0.39 is 6.04 Å². The number of benzene rings is 2. The van der Waals surface area contributed by atoms with Gasteiger partial charge in [0, 0.05) is 51.6 Å². The minimum Gasteiger partial charge on any atom is -0.373 e. The Hall–Kier alpha value is -3.87. The predicted molar refractivity (Wildman–Crippen MR) is 190 cm³/mol. The fraction of sp³-hybridized carbons (Fsp3) is 0.314. The second-order valence-corrected chi connectivity index (χ2v) is 13.6. The van der Waals surface area contributed by atoms with Crippen LogP contribution in [0.5, 0.6) is 0 Å². The summed E-state index contributed by atoms with van der Waals surface area (Å²) in [6.45, 7) is 15.0. The molecule has 0 unspecified atom stereocenters. The van der Waals surface area contributed by atoms with Gasteiger partial charge in [0.1, 0.15) is 11.8 Å². The fourth-order valence-electron chi connectivity index (χ4n) is 5.58. The van der Waals surface area contributed by atoms with Crippen molar-refractivity contribution in [3.63, 3.8) is 0 Å². The lowest BCUT2D eigenvalue weighted by Gasteiger charge is -2.40. The number of halogens is 3. The smallest absolute Gasteiger partial charge is 0.109 e. The van der Waals surface area contributed by atoms with E-state index in [1.54, 1.807) is 18.2 Å². The molecule has 4 aromatic rings. The summed E-state index contributed by atoms with van der Waals surface area (Å²) in [6.07, 6.45) is 11.0. The third-order valence-electron chi connectivity index (χ3n) is 8.16. The van der Waals surface area contributed by atoms with Gasteiger partial charge in [0.2, 0.25) is 0 Å². The number of nitrogens with one attached hydrogen (secondary N) is 2. The summed E-state index contributed by atoms with van der Waals surface area (Å²) in [5.41, 5.74) is 4.49. The molecule has 1 fully saturated rings. The molecule has 2 aromatic heterocycles. The molecule has 1 saturated heterocycles. The molecule has 5 rings (SSSR count). The van der Waals surface area contributed by atoms with E-state index in [1.165, 1.54) is 6.20 Å². The molecule has 1 aliphatic rings. The minimum atomic E-state index is -0.453. The zero-order valence-electron chi connectivity index (χ0n) is 26.4. The summed E-state index contributed by atoms with van der Waals surface area (Å²) < 4.78 is 1.98. The molecule has 11 heteroatoms. The van der Waals surface area contributed by atoms with E-state index in [2.05, 4.69) is 64.2 Å². The quantitative estimate of drug-likeness (QED) is 0.171. The van der Waals surface area contributed by atoms with E-state index in [0.29, 0.717) is 48.6 Å². The summed E-state index contributed by atoms with van der Waals surface area (Å²) in [6, 6.07) is 13.1. The Labute approximate surface area is 285 Å². The second kappa shape index (κ2) is 14.3. The Kier molecular flexibility index (Phi) is 10.4. The zero-order valence-corrected chi connectivity index (χ0v) is 28.6. The van der Waals surface area contributed by atoms with Crippen molar-refractivity contribution in [1.29, 1.82) is 5.26 Å². The van der Waals surface area contributed by atoms with Gasteiger partial charge in [-0.2, -0.15) is 5.26 Å². The van der Waals surface area contributed by atoms with Gasteiger partial charge in [-0.05, 0) is 82.5 Å². The number of hydrogen-bond donors (Lipinski definition) is 2. The predicted octanol–water partition coefficient (Wildman–Crippen LogP) is 9.59. The van der Waals surface area contributed by atoms with Crippen molar-refractivity contribution >= 4 is 62.8 Å². The van der Waals surface area contributed by atoms with E-state index in [1.807, 2.05) is 54.2 Å². The number of allylic oxidation sites excluding steroid dienone is 3. The Morgan fingerprint density at radius 2 is 1.89 bits per heavy atom. The van der Waals surface area contributed by atoms with Gasteiger partial charge in [-0.3, -0.25) is 9.88 Å². The van der Waals surface area contributed by atoms with Gasteiger partial charge in [-0.25, -0.2) is 4.68 Å². The van der Waals surface area contributed by atoms with Crippen molar-refractivity contribution in [2.24, 2.45) is 0 Å². The van der Waals surface area contributed by atoms with Crippen LogP contribution < -0.4 is 10.6 Å². The SMILES string of the molecule is C=C(/C=C\C(Cl)=C/C)[C@H](Nc1cc(Cl)c2ncc(C#N)c(Nc3cccc(Cl)c3)c2c1)c1cn(C2CCN(C(C)(C)C)CC2)nn1. The molecule has 0 amide bonds. The highest BCUT2D eigenvalue weighted by molar-refractivity contribution is 6.36. The van der Waals surface area contributed by atoms with E-state index in [9.17, 15) is 5.26 Å². The van der Waals surface area contributed by atoms with E-state index in [0.717, 1.165) is 37.2 Å². The van der Waals surface area contributed by atoms with Gasteiger partial charge in [0.25, 0.3) is 0 Å². The molecule has 0 radical (unpaired) electrons. The van der Waals surface area contributed by atoms with Gasteiger partial charge in [0.05, 0.1) is 40.1 Å². The van der Waals surface area contributed by atoms with Crippen LogP contribution in [0.3, 0.4) is 0 Å². The minimum absolute atomic E-state index is 0.139. The van der Waals surface area contributed by atoms with E-state index in [-0.39, 0.29) is 11.6 Å². The summed E-state index contributed by atoms with van der Waals surface area (Å²) in [4.78, 5) is 7.00. The fourth-order valence-corrected chi connectivity index (χ4v) is 6.10. The highest BCUT2D eigenvalue weighted by atomic mass is 35.5. The van der Waals surface area contributed by atoms with E-state index in [4.69, 9.17) is 34.8 Å². The van der Waals surface area contributed by atoms with Gasteiger partial charge < -0.3 is 10.6 Å². The van der Waals surface area contributed by atoms with Crippen molar-refractivity contribution in [3.8, 4) is 6.07 Å². The molecule has 2 N–H and O–H groups in total. The first-order valence-electron chi connectivity index (χ1n) is 15.1. The Morgan fingerprint density at radius 1 is 1.13 bits per heavy atom. The molecule has 2 aromatic carbocycles. The number of pyridine rings is 1. The van der Waals surface area contributed by atoms with Crippen LogP contribution >= 0.6 is 34.8 Å². The Bertz CT molecular complexity index is 1840. The van der Waals surface area contributed by atoms with Crippen molar-refractivity contribution in [2.75, 3.05) is 23.7 Å². The molecule has 0 aliphatic carbocycles. The standard InChI is InChI=1S/C35H37Cl3N8/c1-6-24(36)11-10-22(2)32(31-21-46(44-43-31)28-12-14-45(15-13-28)35(3,4)5)42-27-17-29-33(41-26-9-7-8-25(37)16-26)23(19-39)20-40-34(29)30(38)18-27/h6-11,16-18,20-21,28,32,42H,2,12-15H2,1,3-5H3,(H,40,41)/b11-10-,24-6+/t32-/m0/s1. The number of anilines is 3. The topological polar surface area (TPSA) is 94.7 Å². The summed E-state index contributed by atoms with van der Waals surface area (Å²) in [5.74, 6) is 0. The molecule has 0 bridgehead atoms. The first-order valence-corrected chi connectivity index (χ1v) is 16.3. The van der Waals surface area contributed by atoms with Crippen LogP contribution in [0.1, 0.15) is 63.9 Å². The molecule has 3 heterocycles. The number of piperidine rings is 1. The maximum Gasteiger partial charge on any atom is 0.109 e. The van der Waals surface area contributed by atoms with Crippen molar-refractivity contribution < 1.29 is 0 Å². The van der Waals surface area contributed by atoms with Crippen LogP contribution in [-0.2, 0) is 0 Å². The van der Waals surface area contributed by atoms with Gasteiger partial charge in [-0.1, -0.05) is 64.8 Å². The molecule has 1 aliphatic heterocycles. The van der Waals surface area contributed by atoms with Crippen LogP contribution in [0, 0.1) is 11.3 Å². The van der Waals surface area contributed by atoms with Gasteiger partial charge >= 0.3 is 0 Å². The number of hydrogen-bond acceptors (Lipinski definition) is 7. The number of rotatable bonds is 9. The van der Waals surface area contributed by atoms with Crippen molar-refractivity contribution in [2.45, 2.75) is 58.2 Å². The number of nitriles is 1. The number of fused-ring (bicyclic) bond motifs is 1. The number of nitrogens with zero attached hydrogens (tertiary/aromatic N) is 6. The van der Waals surface area contributed by atoms with E-state index >= 15 is 0 Å². The Morgan fingerprint density at radius 3 is 2.57 bits per heavy atom. The molecule has 0 saturated carbocycles. The average molecular weight is 676 g/mol. The molecule has 8 nitrogen and oxygen atoms in total. The van der Waals surface area contributed by atoms with Crippen molar-refractivity contribution in [3.05, 3.63) is 106 Å². The van der Waals surface area contributed by atoms with Gasteiger partial charge in [0.15, 0.2) is 0 Å². The monoisotopic (exact) mass is 674 g/mol. The lowest BCUT2D eigenvalue weighted by Crippen LogP contribution is -2.46. The van der Waals surface area contributed by atoms with Crippen LogP contribution in [0.2, 0.25) is 10.0 Å². The number of likely N-dealkylation sites (tertiary alicyclic amines) is 1. The van der Waals surface area contributed by atoms with Crippen LogP contribution in [0.25, 0.3) is 10.9 Å². The summed E-state index contributed by atoms with van der Waals surface area (Å²) in [7, 11) is 0. The van der Waals surface area contributed by atoms with Gasteiger partial charge in [-0.15, -0.1) is 5.10 Å². The third kappa shape index (κ3) is 7.73. The molecule has 0 spiro atoms. The first-order chi connectivity index (χ1) is 22.0.